The van der Waals surface area contributed by atoms with Crippen LogP contribution in [0.4, 0.5) is 4.39 Å². The van der Waals surface area contributed by atoms with E-state index in [1.807, 2.05) is 31.2 Å². The van der Waals surface area contributed by atoms with Gasteiger partial charge >= 0.3 is 0 Å². The normalized spacial score (nSPS) is 10.2. The summed E-state index contributed by atoms with van der Waals surface area (Å²) < 4.78 is 19.0. The molecular weight excluding hydrogens is 243 g/mol. The Labute approximate surface area is 111 Å². The van der Waals surface area contributed by atoms with Crippen molar-refractivity contribution in [2.45, 2.75) is 13.3 Å². The van der Waals surface area contributed by atoms with Crippen LogP contribution in [0.1, 0.15) is 23.7 Å². The molecule has 2 nitrogen and oxygen atoms in total. The number of para-hydroxylation sites is 1. The molecule has 3 heteroatoms. The topological polar surface area (TPSA) is 26.3 Å². The highest BCUT2D eigenvalue weighted by atomic mass is 19.1. The van der Waals surface area contributed by atoms with Gasteiger partial charge in [0.15, 0.2) is 6.29 Å². The zero-order valence-corrected chi connectivity index (χ0v) is 10.7. The Balaban J connectivity index is 2.43. The second kappa shape index (κ2) is 6.14. The van der Waals surface area contributed by atoms with E-state index in [1.165, 1.54) is 12.1 Å². The fraction of sp³-hybridized carbons (Fsp3) is 0.188. The van der Waals surface area contributed by atoms with Crippen molar-refractivity contribution < 1.29 is 13.9 Å². The molecule has 0 aliphatic heterocycles. The Morgan fingerprint density at radius 1 is 1.21 bits per heavy atom. The first-order valence-electron chi connectivity index (χ1n) is 6.23. The van der Waals surface area contributed by atoms with Crippen LogP contribution in [0, 0.1) is 5.82 Å². The summed E-state index contributed by atoms with van der Waals surface area (Å²) in [6, 6.07) is 12.0. The van der Waals surface area contributed by atoms with E-state index < -0.39 is 5.82 Å². The van der Waals surface area contributed by atoms with E-state index in [2.05, 4.69) is 0 Å². The van der Waals surface area contributed by atoms with E-state index in [9.17, 15) is 9.18 Å². The molecule has 2 aromatic carbocycles. The lowest BCUT2D eigenvalue weighted by Crippen LogP contribution is -1.97. The van der Waals surface area contributed by atoms with Gasteiger partial charge in [0.1, 0.15) is 11.6 Å². The highest BCUT2D eigenvalue weighted by molar-refractivity contribution is 5.80. The van der Waals surface area contributed by atoms with Gasteiger partial charge < -0.3 is 4.74 Å². The summed E-state index contributed by atoms with van der Waals surface area (Å²) in [5.41, 5.74) is 1.69. The second-order valence-corrected chi connectivity index (χ2v) is 4.20. The van der Waals surface area contributed by atoms with E-state index >= 15 is 0 Å². The van der Waals surface area contributed by atoms with E-state index in [4.69, 9.17) is 4.74 Å². The Morgan fingerprint density at radius 2 is 2.00 bits per heavy atom. The first-order valence-corrected chi connectivity index (χ1v) is 6.23. The zero-order chi connectivity index (χ0) is 13.7. The molecule has 19 heavy (non-hydrogen) atoms. The molecule has 98 valence electrons. The number of carbonyl (C=O) groups is 1. The summed E-state index contributed by atoms with van der Waals surface area (Å²) in [5, 5.41) is 0. The van der Waals surface area contributed by atoms with Crippen LogP contribution in [0.15, 0.2) is 42.5 Å². The number of ether oxygens (including phenoxy) is 1. The van der Waals surface area contributed by atoms with Gasteiger partial charge in [-0.3, -0.25) is 4.79 Å². The summed E-state index contributed by atoms with van der Waals surface area (Å²) in [7, 11) is 0. The van der Waals surface area contributed by atoms with Crippen molar-refractivity contribution in [3.8, 4) is 16.9 Å². The molecule has 0 N–H and O–H groups in total. The molecule has 0 aliphatic rings. The van der Waals surface area contributed by atoms with Gasteiger partial charge in [-0.25, -0.2) is 4.39 Å². The fourth-order valence-electron chi connectivity index (χ4n) is 1.84. The summed E-state index contributed by atoms with van der Waals surface area (Å²) in [6.45, 7) is 2.66. The molecule has 0 aliphatic carbocycles. The van der Waals surface area contributed by atoms with Crippen LogP contribution in [-0.2, 0) is 0 Å². The molecule has 2 aromatic rings. The van der Waals surface area contributed by atoms with Gasteiger partial charge in [-0.1, -0.05) is 31.2 Å². The minimum atomic E-state index is -0.509. The standard InChI is InChI=1S/C16H15FO2/c1-2-9-19-16-6-4-3-5-14(16)12-7-8-15(17)13(10-12)11-18/h3-8,10-11H,2,9H2,1H3. The summed E-state index contributed by atoms with van der Waals surface area (Å²) in [4.78, 5) is 10.8. The van der Waals surface area contributed by atoms with Crippen LogP contribution in [0.3, 0.4) is 0 Å². The van der Waals surface area contributed by atoms with Gasteiger partial charge in [-0.15, -0.1) is 0 Å². The SMILES string of the molecule is CCCOc1ccccc1-c1ccc(F)c(C=O)c1. The highest BCUT2D eigenvalue weighted by Crippen LogP contribution is 2.30. The Morgan fingerprint density at radius 3 is 2.74 bits per heavy atom. The third-order valence-corrected chi connectivity index (χ3v) is 2.78. The molecule has 0 saturated carbocycles. The van der Waals surface area contributed by atoms with Gasteiger partial charge in [0, 0.05) is 5.56 Å². The predicted molar refractivity (Wildman–Crippen MR) is 73.0 cm³/mol. The summed E-state index contributed by atoms with van der Waals surface area (Å²) in [6.07, 6.45) is 1.44. The van der Waals surface area contributed by atoms with Crippen LogP contribution in [-0.4, -0.2) is 12.9 Å². The van der Waals surface area contributed by atoms with E-state index in [0.717, 1.165) is 23.3 Å². The van der Waals surface area contributed by atoms with Crippen molar-refractivity contribution >= 4 is 6.29 Å². The Bertz CT molecular complexity index is 579. The van der Waals surface area contributed by atoms with Crippen molar-refractivity contribution in [3.63, 3.8) is 0 Å². The molecule has 0 bridgehead atoms. The van der Waals surface area contributed by atoms with Gasteiger partial charge in [-0.05, 0) is 30.2 Å². The molecule has 0 saturated heterocycles. The largest absolute Gasteiger partial charge is 0.493 e. The minimum absolute atomic E-state index is 0.0581. The second-order valence-electron chi connectivity index (χ2n) is 4.20. The third kappa shape index (κ3) is 2.99. The lowest BCUT2D eigenvalue weighted by Gasteiger charge is -2.11. The maximum atomic E-state index is 13.3. The fourth-order valence-corrected chi connectivity index (χ4v) is 1.84. The molecule has 0 radical (unpaired) electrons. The van der Waals surface area contributed by atoms with Crippen molar-refractivity contribution in [2.75, 3.05) is 6.61 Å². The van der Waals surface area contributed by atoms with E-state index in [0.29, 0.717) is 12.9 Å². The summed E-state index contributed by atoms with van der Waals surface area (Å²) in [5.74, 6) is 0.235. The Hall–Kier alpha value is -2.16. The molecule has 0 unspecified atom stereocenters. The highest BCUT2D eigenvalue weighted by Gasteiger charge is 2.08. The molecule has 0 spiro atoms. The first-order chi connectivity index (χ1) is 9.26. The lowest BCUT2D eigenvalue weighted by molar-refractivity contribution is 0.112. The molecule has 0 fully saturated rings. The number of aldehydes is 1. The van der Waals surface area contributed by atoms with Crippen LogP contribution >= 0.6 is 0 Å². The van der Waals surface area contributed by atoms with E-state index in [1.54, 1.807) is 6.07 Å². The maximum Gasteiger partial charge on any atom is 0.153 e. The quantitative estimate of drug-likeness (QED) is 0.755. The average Bonchev–Trinajstić information content (AvgIpc) is 2.46. The minimum Gasteiger partial charge on any atom is -0.493 e. The van der Waals surface area contributed by atoms with Crippen molar-refractivity contribution in [1.29, 1.82) is 0 Å². The monoisotopic (exact) mass is 258 g/mol. The molecular formula is C16H15FO2. The number of hydrogen-bond donors (Lipinski definition) is 0. The maximum absolute atomic E-state index is 13.3. The van der Waals surface area contributed by atoms with Crippen LogP contribution in [0.25, 0.3) is 11.1 Å². The number of benzene rings is 2. The van der Waals surface area contributed by atoms with Gasteiger partial charge in [0.05, 0.1) is 12.2 Å². The predicted octanol–water partition coefficient (Wildman–Crippen LogP) is 4.09. The van der Waals surface area contributed by atoms with Gasteiger partial charge in [-0.2, -0.15) is 0 Å². The third-order valence-electron chi connectivity index (χ3n) is 2.78. The zero-order valence-electron chi connectivity index (χ0n) is 10.7. The number of hydrogen-bond acceptors (Lipinski definition) is 2. The average molecular weight is 258 g/mol. The molecule has 0 aromatic heterocycles. The number of halogens is 1. The van der Waals surface area contributed by atoms with Gasteiger partial charge in [0.2, 0.25) is 0 Å². The number of rotatable bonds is 5. The molecule has 0 atom stereocenters. The molecule has 0 amide bonds. The van der Waals surface area contributed by atoms with E-state index in [-0.39, 0.29) is 5.56 Å². The lowest BCUT2D eigenvalue weighted by atomic mass is 10.0. The smallest absolute Gasteiger partial charge is 0.153 e. The van der Waals surface area contributed by atoms with Crippen LogP contribution < -0.4 is 4.74 Å². The Kier molecular flexibility index (Phi) is 4.29. The summed E-state index contributed by atoms with van der Waals surface area (Å²) >= 11 is 0. The first kappa shape index (κ1) is 13.3. The van der Waals surface area contributed by atoms with Crippen molar-refractivity contribution in [2.24, 2.45) is 0 Å². The molecule has 2 rings (SSSR count). The molecule has 0 heterocycles. The van der Waals surface area contributed by atoms with Crippen molar-refractivity contribution in [3.05, 3.63) is 53.8 Å². The van der Waals surface area contributed by atoms with Gasteiger partial charge in [0.25, 0.3) is 0 Å². The number of carbonyl (C=O) groups excluding carboxylic acids is 1. The van der Waals surface area contributed by atoms with Crippen LogP contribution in [0.2, 0.25) is 0 Å². The van der Waals surface area contributed by atoms with Crippen LogP contribution in [0.5, 0.6) is 5.75 Å². The van der Waals surface area contributed by atoms with Crippen molar-refractivity contribution in [1.82, 2.24) is 0 Å².